The highest BCUT2D eigenvalue weighted by molar-refractivity contribution is 7.91. The lowest BCUT2D eigenvalue weighted by Gasteiger charge is -2.27. The minimum atomic E-state index is -3.68. The molecule has 0 saturated heterocycles. The van der Waals surface area contributed by atoms with Gasteiger partial charge in [-0.25, -0.2) is 18.2 Å². The summed E-state index contributed by atoms with van der Waals surface area (Å²) in [6.45, 7) is 0.0772. The number of carbonyl (C=O) groups is 2. The van der Waals surface area contributed by atoms with Crippen LogP contribution in [0.15, 0.2) is 71.9 Å². The number of alkyl carbamates (subject to hydrolysis) is 1. The number of nitrogens with one attached hydrogen (secondary N) is 3. The molecule has 1 aliphatic rings. The van der Waals surface area contributed by atoms with E-state index in [4.69, 9.17) is 16.3 Å². The van der Waals surface area contributed by atoms with Crippen molar-refractivity contribution in [3.63, 3.8) is 0 Å². The van der Waals surface area contributed by atoms with Gasteiger partial charge in [-0.15, -0.1) is 0 Å². The molecule has 2 aromatic carbocycles. The van der Waals surface area contributed by atoms with Gasteiger partial charge in [0.05, 0.1) is 33.0 Å². The van der Waals surface area contributed by atoms with Gasteiger partial charge in [-0.1, -0.05) is 41.9 Å². The number of fused-ring (bicyclic) bond motifs is 2. The molecule has 11 heteroatoms. The lowest BCUT2D eigenvalue weighted by Crippen LogP contribution is -2.34. The smallest absolute Gasteiger partial charge is 0.407 e. The van der Waals surface area contributed by atoms with Gasteiger partial charge >= 0.3 is 6.09 Å². The van der Waals surface area contributed by atoms with E-state index in [-0.39, 0.29) is 34.3 Å². The second kappa shape index (κ2) is 9.63. The minimum Gasteiger partial charge on any atom is -0.445 e. The Balaban J connectivity index is 1.38. The van der Waals surface area contributed by atoms with Gasteiger partial charge < -0.3 is 20.4 Å². The molecule has 184 valence electrons. The number of aromatic nitrogens is 2. The molecule has 5 rings (SSSR count). The summed E-state index contributed by atoms with van der Waals surface area (Å²) in [7, 11) is -3.68. The predicted octanol–water partition coefficient (Wildman–Crippen LogP) is 4.61. The number of aromatic amines is 1. The van der Waals surface area contributed by atoms with E-state index < -0.39 is 27.9 Å². The number of hydrogen-bond acceptors (Lipinski definition) is 6. The molecule has 36 heavy (non-hydrogen) atoms. The third-order valence-electron chi connectivity index (χ3n) is 5.94. The molecule has 0 radical (unpaired) electrons. The summed E-state index contributed by atoms with van der Waals surface area (Å²) in [5.41, 5.74) is 2.25. The summed E-state index contributed by atoms with van der Waals surface area (Å²) in [6, 6.07) is 14.6. The van der Waals surface area contributed by atoms with Gasteiger partial charge in [-0.3, -0.25) is 4.79 Å². The fraction of sp³-hybridized carbons (Fsp3) is 0.160. The van der Waals surface area contributed by atoms with Crippen molar-refractivity contribution in [3.8, 4) is 0 Å². The predicted molar refractivity (Wildman–Crippen MR) is 135 cm³/mol. The van der Waals surface area contributed by atoms with Gasteiger partial charge in [0.1, 0.15) is 12.3 Å². The molecule has 2 amide bonds. The first-order chi connectivity index (χ1) is 17.3. The molecule has 2 aromatic heterocycles. The molecular weight excluding hydrogens is 504 g/mol. The number of ether oxygens (including phenoxy) is 1. The Morgan fingerprint density at radius 1 is 1.14 bits per heavy atom. The molecular formula is C25H21ClN4O5S. The van der Waals surface area contributed by atoms with Crippen LogP contribution in [0, 0.1) is 0 Å². The fourth-order valence-corrected chi connectivity index (χ4v) is 6.02. The highest BCUT2D eigenvalue weighted by Gasteiger charge is 2.33. The Morgan fingerprint density at radius 3 is 2.75 bits per heavy atom. The SMILES string of the molecule is O=C(N[C@H]1CCS(=O)(=O)c2cc(C(=O)Nc3ccnc4[nH]ccc34)c(Cl)cc21)OCc1ccccc1. The molecule has 0 spiro atoms. The quantitative estimate of drug-likeness (QED) is 0.349. The highest BCUT2D eigenvalue weighted by atomic mass is 35.5. The molecule has 4 aromatic rings. The number of rotatable bonds is 5. The fourth-order valence-electron chi connectivity index (χ4n) is 4.14. The highest BCUT2D eigenvalue weighted by Crippen LogP contribution is 2.36. The van der Waals surface area contributed by atoms with E-state index in [2.05, 4.69) is 20.6 Å². The van der Waals surface area contributed by atoms with Gasteiger partial charge in [0.15, 0.2) is 9.84 Å². The van der Waals surface area contributed by atoms with Crippen molar-refractivity contribution < 1.29 is 22.7 Å². The monoisotopic (exact) mass is 524 g/mol. The van der Waals surface area contributed by atoms with E-state index in [0.29, 0.717) is 22.3 Å². The zero-order chi connectivity index (χ0) is 25.3. The van der Waals surface area contributed by atoms with Crippen LogP contribution in [0.5, 0.6) is 0 Å². The normalized spacial score (nSPS) is 16.2. The molecule has 0 aliphatic carbocycles. The van der Waals surface area contributed by atoms with Gasteiger partial charge in [0.25, 0.3) is 5.91 Å². The van der Waals surface area contributed by atoms with E-state index >= 15 is 0 Å². The number of pyridine rings is 1. The van der Waals surface area contributed by atoms with Gasteiger partial charge in [-0.05, 0) is 41.8 Å². The van der Waals surface area contributed by atoms with Gasteiger partial charge in [0.2, 0.25) is 0 Å². The molecule has 0 unspecified atom stereocenters. The third kappa shape index (κ3) is 4.77. The van der Waals surface area contributed by atoms with E-state index in [1.54, 1.807) is 24.5 Å². The van der Waals surface area contributed by atoms with Crippen LogP contribution in [-0.2, 0) is 21.2 Å². The Kier molecular flexibility index (Phi) is 6.38. The number of halogens is 1. The molecule has 0 bridgehead atoms. The molecule has 0 saturated carbocycles. The third-order valence-corrected chi connectivity index (χ3v) is 8.05. The number of benzene rings is 2. The lowest BCUT2D eigenvalue weighted by molar-refractivity contribution is 0.102. The van der Waals surface area contributed by atoms with E-state index in [9.17, 15) is 18.0 Å². The molecule has 1 atom stereocenters. The van der Waals surface area contributed by atoms with Crippen molar-refractivity contribution in [2.45, 2.75) is 24.0 Å². The largest absolute Gasteiger partial charge is 0.445 e. The Labute approximate surface area is 211 Å². The summed E-state index contributed by atoms with van der Waals surface area (Å²) in [5.74, 6) is -0.759. The van der Waals surface area contributed by atoms with E-state index in [0.717, 1.165) is 5.56 Å². The summed E-state index contributed by atoms with van der Waals surface area (Å²) in [6.07, 6.45) is 2.71. The number of anilines is 1. The van der Waals surface area contributed by atoms with Gasteiger partial charge in [0, 0.05) is 17.8 Å². The number of nitrogens with zero attached hydrogens (tertiary/aromatic N) is 1. The van der Waals surface area contributed by atoms with Crippen LogP contribution in [0.25, 0.3) is 11.0 Å². The molecule has 1 aliphatic heterocycles. The summed E-state index contributed by atoms with van der Waals surface area (Å²) in [5, 5.41) is 6.25. The van der Waals surface area contributed by atoms with Crippen LogP contribution >= 0.6 is 11.6 Å². The number of hydrogen-bond donors (Lipinski definition) is 3. The number of H-pyrrole nitrogens is 1. The maximum Gasteiger partial charge on any atom is 0.407 e. The topological polar surface area (TPSA) is 130 Å². The lowest BCUT2D eigenvalue weighted by atomic mass is 10.0. The van der Waals surface area contributed by atoms with Crippen LogP contribution in [0.3, 0.4) is 0 Å². The average Bonchev–Trinajstić information content (AvgIpc) is 3.35. The molecule has 3 heterocycles. The van der Waals surface area contributed by atoms with Crippen LogP contribution in [0.1, 0.15) is 33.9 Å². The Hall–Kier alpha value is -3.89. The second-order valence-electron chi connectivity index (χ2n) is 8.29. The summed E-state index contributed by atoms with van der Waals surface area (Å²) in [4.78, 5) is 32.6. The zero-order valence-corrected chi connectivity index (χ0v) is 20.4. The van der Waals surface area contributed by atoms with Crippen molar-refractivity contribution in [1.29, 1.82) is 0 Å². The minimum absolute atomic E-state index is 0.00629. The van der Waals surface area contributed by atoms with Crippen LogP contribution in [0.2, 0.25) is 5.02 Å². The van der Waals surface area contributed by atoms with Crippen molar-refractivity contribution in [2.24, 2.45) is 0 Å². The Bertz CT molecular complexity index is 1570. The van der Waals surface area contributed by atoms with Crippen LogP contribution < -0.4 is 10.6 Å². The van der Waals surface area contributed by atoms with Crippen molar-refractivity contribution in [1.82, 2.24) is 15.3 Å². The van der Waals surface area contributed by atoms with Gasteiger partial charge in [-0.2, -0.15) is 0 Å². The van der Waals surface area contributed by atoms with Crippen molar-refractivity contribution in [3.05, 3.63) is 88.7 Å². The Morgan fingerprint density at radius 2 is 1.94 bits per heavy atom. The first-order valence-corrected chi connectivity index (χ1v) is 13.1. The summed E-state index contributed by atoms with van der Waals surface area (Å²) < 4.78 is 31.0. The average molecular weight is 525 g/mol. The maximum atomic E-state index is 13.1. The number of sulfone groups is 1. The van der Waals surface area contributed by atoms with Crippen molar-refractivity contribution >= 4 is 50.2 Å². The molecule has 9 nitrogen and oxygen atoms in total. The first kappa shape index (κ1) is 23.8. The zero-order valence-electron chi connectivity index (χ0n) is 18.8. The number of carbonyl (C=O) groups excluding carboxylic acids is 2. The standard InChI is InChI=1S/C25H21ClN4O5S/c26-19-12-18-21(30-25(32)35-14-15-4-2-1-3-5-15)8-11-36(33,34)22(18)13-17(19)24(31)29-20-7-10-28-23-16(20)6-9-27-23/h1-7,9-10,12-13,21H,8,11,14H2,(H,30,32)(H2,27,28,29,31)/t21-/m0/s1. The molecule has 0 fully saturated rings. The second-order valence-corrected chi connectivity index (χ2v) is 10.8. The van der Waals surface area contributed by atoms with Crippen LogP contribution in [0.4, 0.5) is 10.5 Å². The number of amides is 2. The maximum absolute atomic E-state index is 13.1. The van der Waals surface area contributed by atoms with E-state index in [1.165, 1.54) is 12.1 Å². The van der Waals surface area contributed by atoms with Crippen LogP contribution in [-0.4, -0.2) is 36.1 Å². The van der Waals surface area contributed by atoms with Crippen molar-refractivity contribution in [2.75, 3.05) is 11.1 Å². The summed E-state index contributed by atoms with van der Waals surface area (Å²) >= 11 is 6.44. The molecule has 3 N–H and O–H groups in total. The first-order valence-electron chi connectivity index (χ1n) is 11.1. The van der Waals surface area contributed by atoms with E-state index in [1.807, 2.05) is 30.3 Å².